The number of primary amides is 1. The monoisotopic (exact) mass is 289 g/mol. The predicted molar refractivity (Wildman–Crippen MR) is 75.7 cm³/mol. The summed E-state index contributed by atoms with van der Waals surface area (Å²) in [5.41, 5.74) is 11.2. The number of hydrogen-bond donors (Lipinski definition) is 2. The zero-order valence-corrected chi connectivity index (χ0v) is 12.2. The number of likely N-dealkylation sites (tertiary alicyclic amines) is 1. The molecule has 0 bridgehead atoms. The molecule has 2 fully saturated rings. The number of hydrogen-bond acceptors (Lipinski definition) is 3. The summed E-state index contributed by atoms with van der Waals surface area (Å²) in [5.74, 6) is -0.251. The van der Waals surface area contributed by atoms with Gasteiger partial charge in [-0.1, -0.05) is 0 Å². The van der Waals surface area contributed by atoms with E-state index in [4.69, 9.17) is 11.5 Å². The van der Waals surface area contributed by atoms with Gasteiger partial charge in [0.2, 0.25) is 11.8 Å². The van der Waals surface area contributed by atoms with Crippen LogP contribution in [0.3, 0.4) is 0 Å². The minimum atomic E-state index is -0.289. The van der Waals surface area contributed by atoms with E-state index in [-0.39, 0.29) is 48.1 Å². The van der Waals surface area contributed by atoms with E-state index in [0.717, 1.165) is 32.1 Å². The van der Waals surface area contributed by atoms with Crippen LogP contribution in [0, 0.1) is 11.8 Å². The molecule has 110 valence electrons. The SMILES string of the molecule is CC1CCC(C(N)=O)CN1C(=O)C1CCC(N)C1.Cl. The first-order valence-electron chi connectivity index (χ1n) is 6.84. The van der Waals surface area contributed by atoms with Crippen LogP contribution in [0.2, 0.25) is 0 Å². The molecule has 1 aliphatic heterocycles. The minimum Gasteiger partial charge on any atom is -0.369 e. The van der Waals surface area contributed by atoms with Gasteiger partial charge in [0.05, 0.1) is 5.92 Å². The molecule has 19 heavy (non-hydrogen) atoms. The molecule has 0 aromatic heterocycles. The molecule has 6 heteroatoms. The zero-order chi connectivity index (χ0) is 13.3. The topological polar surface area (TPSA) is 89.4 Å². The molecule has 2 rings (SSSR count). The van der Waals surface area contributed by atoms with Crippen LogP contribution in [0.1, 0.15) is 39.0 Å². The summed E-state index contributed by atoms with van der Waals surface area (Å²) in [6, 6.07) is 0.371. The van der Waals surface area contributed by atoms with E-state index in [1.807, 2.05) is 11.8 Å². The Morgan fingerprint density at radius 2 is 1.74 bits per heavy atom. The molecule has 2 amide bonds. The Kier molecular flexibility index (Phi) is 5.62. The van der Waals surface area contributed by atoms with Crippen molar-refractivity contribution in [1.29, 1.82) is 0 Å². The summed E-state index contributed by atoms with van der Waals surface area (Å²) < 4.78 is 0. The van der Waals surface area contributed by atoms with Crippen molar-refractivity contribution < 1.29 is 9.59 Å². The molecular formula is C13H24ClN3O2. The molecule has 4 N–H and O–H groups in total. The zero-order valence-electron chi connectivity index (χ0n) is 11.4. The van der Waals surface area contributed by atoms with E-state index in [1.54, 1.807) is 0 Å². The van der Waals surface area contributed by atoms with Crippen molar-refractivity contribution in [1.82, 2.24) is 4.90 Å². The van der Waals surface area contributed by atoms with Crippen LogP contribution in [-0.2, 0) is 9.59 Å². The second-order valence-corrected chi connectivity index (χ2v) is 5.79. The fraction of sp³-hybridized carbons (Fsp3) is 0.846. The Balaban J connectivity index is 0.00000180. The van der Waals surface area contributed by atoms with Crippen molar-refractivity contribution in [2.75, 3.05) is 6.54 Å². The number of rotatable bonds is 2. The van der Waals surface area contributed by atoms with Gasteiger partial charge >= 0.3 is 0 Å². The summed E-state index contributed by atoms with van der Waals surface area (Å²) in [4.78, 5) is 25.6. The number of halogens is 1. The molecule has 5 nitrogen and oxygen atoms in total. The summed E-state index contributed by atoms with van der Waals surface area (Å²) in [5, 5.41) is 0. The molecule has 4 atom stereocenters. The minimum absolute atomic E-state index is 0. The number of carbonyl (C=O) groups is 2. The number of nitrogens with zero attached hydrogens (tertiary/aromatic N) is 1. The van der Waals surface area contributed by atoms with Crippen molar-refractivity contribution in [2.24, 2.45) is 23.3 Å². The lowest BCUT2D eigenvalue weighted by molar-refractivity contribution is -0.141. The Morgan fingerprint density at radius 1 is 1.11 bits per heavy atom. The molecule has 1 saturated heterocycles. The highest BCUT2D eigenvalue weighted by molar-refractivity contribution is 5.85. The van der Waals surface area contributed by atoms with Gasteiger partial charge in [0.25, 0.3) is 0 Å². The van der Waals surface area contributed by atoms with E-state index < -0.39 is 0 Å². The molecule has 2 aliphatic rings. The number of amides is 2. The van der Waals surface area contributed by atoms with Crippen LogP contribution in [0.15, 0.2) is 0 Å². The van der Waals surface area contributed by atoms with Gasteiger partial charge in [0.1, 0.15) is 0 Å². The van der Waals surface area contributed by atoms with Gasteiger partial charge in [0, 0.05) is 24.5 Å². The molecule has 0 radical (unpaired) electrons. The van der Waals surface area contributed by atoms with E-state index >= 15 is 0 Å². The fourth-order valence-corrected chi connectivity index (χ4v) is 3.12. The normalized spacial score (nSPS) is 34.7. The van der Waals surface area contributed by atoms with E-state index in [9.17, 15) is 9.59 Å². The lowest BCUT2D eigenvalue weighted by atomic mass is 9.91. The van der Waals surface area contributed by atoms with Crippen molar-refractivity contribution in [2.45, 2.75) is 51.1 Å². The molecule has 0 spiro atoms. The first-order chi connectivity index (χ1) is 8.49. The lowest BCUT2D eigenvalue weighted by Crippen LogP contribution is -2.50. The summed E-state index contributed by atoms with van der Waals surface area (Å²) >= 11 is 0. The van der Waals surface area contributed by atoms with Crippen molar-refractivity contribution in [3.05, 3.63) is 0 Å². The number of nitrogens with two attached hydrogens (primary N) is 2. The third-order valence-electron chi connectivity index (χ3n) is 4.39. The van der Waals surface area contributed by atoms with Gasteiger partial charge in [0.15, 0.2) is 0 Å². The molecule has 0 aromatic rings. The van der Waals surface area contributed by atoms with Gasteiger partial charge in [-0.2, -0.15) is 0 Å². The molecule has 1 saturated carbocycles. The highest BCUT2D eigenvalue weighted by atomic mass is 35.5. The van der Waals surface area contributed by atoms with Gasteiger partial charge in [-0.25, -0.2) is 0 Å². The van der Waals surface area contributed by atoms with Gasteiger partial charge in [-0.15, -0.1) is 12.4 Å². The van der Waals surface area contributed by atoms with E-state index in [1.165, 1.54) is 0 Å². The van der Waals surface area contributed by atoms with Crippen LogP contribution in [-0.4, -0.2) is 35.3 Å². The van der Waals surface area contributed by atoms with Gasteiger partial charge in [-0.3, -0.25) is 9.59 Å². The molecular weight excluding hydrogens is 266 g/mol. The van der Waals surface area contributed by atoms with Crippen LogP contribution < -0.4 is 11.5 Å². The first kappa shape index (κ1) is 16.2. The van der Waals surface area contributed by atoms with Crippen LogP contribution >= 0.6 is 12.4 Å². The van der Waals surface area contributed by atoms with Crippen molar-refractivity contribution in [3.63, 3.8) is 0 Å². The Hall–Kier alpha value is -0.810. The quantitative estimate of drug-likeness (QED) is 0.782. The third kappa shape index (κ3) is 3.60. The predicted octanol–water partition coefficient (Wildman–Crippen LogP) is 0.648. The van der Waals surface area contributed by atoms with E-state index in [2.05, 4.69) is 0 Å². The van der Waals surface area contributed by atoms with Gasteiger partial charge < -0.3 is 16.4 Å². The third-order valence-corrected chi connectivity index (χ3v) is 4.39. The number of carbonyl (C=O) groups excluding carboxylic acids is 2. The van der Waals surface area contributed by atoms with Crippen molar-refractivity contribution in [3.8, 4) is 0 Å². The van der Waals surface area contributed by atoms with Crippen molar-refractivity contribution >= 4 is 24.2 Å². The maximum Gasteiger partial charge on any atom is 0.226 e. The average molecular weight is 290 g/mol. The standard InChI is InChI=1S/C13H23N3O2.ClH/c1-8-2-3-10(12(15)17)7-16(8)13(18)9-4-5-11(14)6-9;/h8-11H,2-7,14H2,1H3,(H2,15,17);1H. The largest absolute Gasteiger partial charge is 0.369 e. The summed E-state index contributed by atoms with van der Waals surface area (Å²) in [6.45, 7) is 2.53. The Morgan fingerprint density at radius 3 is 2.26 bits per heavy atom. The van der Waals surface area contributed by atoms with Gasteiger partial charge in [-0.05, 0) is 39.0 Å². The maximum absolute atomic E-state index is 12.4. The highest BCUT2D eigenvalue weighted by Gasteiger charge is 2.37. The smallest absolute Gasteiger partial charge is 0.226 e. The van der Waals surface area contributed by atoms with Crippen LogP contribution in [0.4, 0.5) is 0 Å². The second kappa shape index (κ2) is 6.57. The molecule has 0 aromatic carbocycles. The Bertz CT molecular complexity index is 351. The average Bonchev–Trinajstić information content (AvgIpc) is 2.75. The summed E-state index contributed by atoms with van der Waals surface area (Å²) in [7, 11) is 0. The number of piperidine rings is 1. The Labute approximate surface area is 120 Å². The fourth-order valence-electron chi connectivity index (χ4n) is 3.12. The second-order valence-electron chi connectivity index (χ2n) is 5.79. The molecule has 4 unspecified atom stereocenters. The van der Waals surface area contributed by atoms with Crippen LogP contribution in [0.25, 0.3) is 0 Å². The first-order valence-corrected chi connectivity index (χ1v) is 6.84. The highest BCUT2D eigenvalue weighted by Crippen LogP contribution is 2.30. The molecule has 1 aliphatic carbocycles. The molecule has 1 heterocycles. The lowest BCUT2D eigenvalue weighted by Gasteiger charge is -2.38. The maximum atomic E-state index is 12.4. The summed E-state index contributed by atoms with van der Waals surface area (Å²) in [6.07, 6.45) is 4.24. The van der Waals surface area contributed by atoms with Crippen LogP contribution in [0.5, 0.6) is 0 Å². The van der Waals surface area contributed by atoms with E-state index in [0.29, 0.717) is 6.54 Å².